The first-order chi connectivity index (χ1) is 11.2. The minimum atomic E-state index is -0.146. The van der Waals surface area contributed by atoms with Gasteiger partial charge in [-0.1, -0.05) is 0 Å². The van der Waals surface area contributed by atoms with Crippen molar-refractivity contribution in [2.75, 3.05) is 34.5 Å². The molecule has 1 unspecified atom stereocenters. The monoisotopic (exact) mass is 323 g/mol. The summed E-state index contributed by atoms with van der Waals surface area (Å²) in [5.74, 6) is 1.70. The van der Waals surface area contributed by atoms with E-state index in [-0.39, 0.29) is 12.0 Å². The molecule has 1 aliphatic rings. The highest BCUT2D eigenvalue weighted by Crippen LogP contribution is 2.38. The summed E-state index contributed by atoms with van der Waals surface area (Å²) in [4.78, 5) is 11.8. The Hall–Kier alpha value is -1.95. The lowest BCUT2D eigenvalue weighted by molar-refractivity contribution is -0.145. The Bertz CT molecular complexity index is 501. The van der Waals surface area contributed by atoms with Gasteiger partial charge in [-0.15, -0.1) is 0 Å². The number of hydrogen-bond acceptors (Lipinski definition) is 6. The fraction of sp³-hybridized carbons (Fsp3) is 0.588. The van der Waals surface area contributed by atoms with Crippen LogP contribution in [0, 0.1) is 0 Å². The molecule has 6 heteroatoms. The van der Waals surface area contributed by atoms with Gasteiger partial charge in [0.05, 0.1) is 27.9 Å². The van der Waals surface area contributed by atoms with Gasteiger partial charge >= 0.3 is 5.97 Å². The van der Waals surface area contributed by atoms with E-state index in [9.17, 15) is 4.79 Å². The smallest absolute Gasteiger partial charge is 0.323 e. The van der Waals surface area contributed by atoms with Crippen LogP contribution in [0.1, 0.15) is 24.8 Å². The zero-order valence-electron chi connectivity index (χ0n) is 14.0. The molecule has 1 atom stereocenters. The van der Waals surface area contributed by atoms with Crippen LogP contribution in [0.2, 0.25) is 0 Å². The van der Waals surface area contributed by atoms with Crippen molar-refractivity contribution in [2.24, 2.45) is 0 Å². The molecule has 0 radical (unpaired) electrons. The third kappa shape index (κ3) is 4.51. The lowest BCUT2D eigenvalue weighted by atomic mass is 10.1. The first-order valence-electron chi connectivity index (χ1n) is 7.88. The van der Waals surface area contributed by atoms with Crippen LogP contribution >= 0.6 is 0 Å². The van der Waals surface area contributed by atoms with Crippen molar-refractivity contribution < 1.29 is 23.7 Å². The number of esters is 1. The van der Waals surface area contributed by atoms with Gasteiger partial charge in [0, 0.05) is 0 Å². The number of ether oxygens (including phenoxy) is 4. The quantitative estimate of drug-likeness (QED) is 0.582. The second-order valence-electron chi connectivity index (χ2n) is 5.45. The highest BCUT2D eigenvalue weighted by Gasteiger charge is 2.23. The van der Waals surface area contributed by atoms with Crippen LogP contribution in [0.15, 0.2) is 12.1 Å². The van der Waals surface area contributed by atoms with Gasteiger partial charge in [0.2, 0.25) is 5.75 Å². The molecule has 0 aliphatic carbocycles. The van der Waals surface area contributed by atoms with E-state index < -0.39 is 0 Å². The predicted octanol–water partition coefficient (Wildman–Crippen LogP) is 1.94. The third-order valence-corrected chi connectivity index (χ3v) is 3.92. The average molecular weight is 323 g/mol. The number of nitrogens with one attached hydrogen (secondary N) is 1. The summed E-state index contributed by atoms with van der Waals surface area (Å²) in [5.41, 5.74) is 1.05. The lowest BCUT2D eigenvalue weighted by Gasteiger charge is -2.14. The van der Waals surface area contributed by atoms with Crippen LogP contribution in [0.3, 0.4) is 0 Å². The zero-order valence-corrected chi connectivity index (χ0v) is 14.0. The van der Waals surface area contributed by atoms with E-state index in [2.05, 4.69) is 5.32 Å². The van der Waals surface area contributed by atoms with Crippen molar-refractivity contribution in [3.05, 3.63) is 17.7 Å². The van der Waals surface area contributed by atoms with Crippen molar-refractivity contribution in [2.45, 2.75) is 31.7 Å². The Balaban J connectivity index is 1.86. The number of carbonyl (C=O) groups is 1. The van der Waals surface area contributed by atoms with E-state index in [1.165, 1.54) is 0 Å². The summed E-state index contributed by atoms with van der Waals surface area (Å²) in [6.45, 7) is 1.30. The van der Waals surface area contributed by atoms with Crippen molar-refractivity contribution in [3.63, 3.8) is 0 Å². The normalized spacial score (nSPS) is 16.9. The first-order valence-corrected chi connectivity index (χ1v) is 7.88. The second-order valence-corrected chi connectivity index (χ2v) is 5.45. The molecule has 1 aromatic carbocycles. The Morgan fingerprint density at radius 1 is 1.17 bits per heavy atom. The van der Waals surface area contributed by atoms with Gasteiger partial charge in [0.15, 0.2) is 11.5 Å². The van der Waals surface area contributed by atoms with E-state index in [0.717, 1.165) is 37.8 Å². The molecule has 23 heavy (non-hydrogen) atoms. The fourth-order valence-electron chi connectivity index (χ4n) is 2.72. The van der Waals surface area contributed by atoms with E-state index in [1.807, 2.05) is 12.1 Å². The number of aryl methyl sites for hydroxylation is 1. The Labute approximate surface area is 137 Å². The number of benzene rings is 1. The van der Waals surface area contributed by atoms with Crippen molar-refractivity contribution in [1.82, 2.24) is 5.32 Å². The molecule has 1 saturated heterocycles. The summed E-state index contributed by atoms with van der Waals surface area (Å²) in [5, 5.41) is 3.14. The molecule has 0 bridgehead atoms. The molecule has 1 heterocycles. The largest absolute Gasteiger partial charge is 0.493 e. The summed E-state index contributed by atoms with van der Waals surface area (Å²) < 4.78 is 21.3. The molecule has 1 N–H and O–H groups in total. The number of carbonyl (C=O) groups excluding carboxylic acids is 1. The Morgan fingerprint density at radius 2 is 1.87 bits per heavy atom. The summed E-state index contributed by atoms with van der Waals surface area (Å²) in [6.07, 6.45) is 3.41. The van der Waals surface area contributed by atoms with Gasteiger partial charge in [-0.25, -0.2) is 0 Å². The molecule has 0 aromatic heterocycles. The van der Waals surface area contributed by atoms with Crippen molar-refractivity contribution in [1.29, 1.82) is 0 Å². The topological polar surface area (TPSA) is 66.0 Å². The van der Waals surface area contributed by atoms with Gasteiger partial charge in [-0.3, -0.25) is 4.79 Å². The SMILES string of the molecule is COc1cc(CCCOC(=O)C2CCCN2)cc(OC)c1OC. The Morgan fingerprint density at radius 3 is 2.39 bits per heavy atom. The molecule has 0 spiro atoms. The van der Waals surface area contributed by atoms with Gasteiger partial charge in [-0.2, -0.15) is 0 Å². The number of rotatable bonds is 8. The van der Waals surface area contributed by atoms with Gasteiger partial charge in [0.1, 0.15) is 6.04 Å². The summed E-state index contributed by atoms with van der Waals surface area (Å²) in [7, 11) is 4.77. The zero-order chi connectivity index (χ0) is 16.7. The Kier molecular flexibility index (Phi) is 6.52. The molecule has 6 nitrogen and oxygen atoms in total. The predicted molar refractivity (Wildman–Crippen MR) is 86.4 cm³/mol. The molecule has 0 saturated carbocycles. The molecular weight excluding hydrogens is 298 g/mol. The number of methoxy groups -OCH3 is 3. The molecule has 1 aliphatic heterocycles. The van der Waals surface area contributed by atoms with Crippen LogP contribution in [0.25, 0.3) is 0 Å². The van der Waals surface area contributed by atoms with Gasteiger partial charge < -0.3 is 24.3 Å². The van der Waals surface area contributed by atoms with Crippen molar-refractivity contribution >= 4 is 5.97 Å². The van der Waals surface area contributed by atoms with Gasteiger partial charge in [-0.05, 0) is 49.9 Å². The van der Waals surface area contributed by atoms with Crippen molar-refractivity contribution in [3.8, 4) is 17.2 Å². The second kappa shape index (κ2) is 8.62. The van der Waals surface area contributed by atoms with Crippen LogP contribution in [-0.2, 0) is 16.0 Å². The molecule has 0 amide bonds. The van der Waals surface area contributed by atoms with E-state index >= 15 is 0 Å². The average Bonchev–Trinajstić information content (AvgIpc) is 3.12. The van der Waals surface area contributed by atoms with Crippen LogP contribution < -0.4 is 19.5 Å². The molecule has 1 aromatic rings. The maximum atomic E-state index is 11.8. The summed E-state index contributed by atoms with van der Waals surface area (Å²) >= 11 is 0. The van der Waals surface area contributed by atoms with Crippen LogP contribution in [0.4, 0.5) is 0 Å². The van der Waals surface area contributed by atoms with Crippen LogP contribution in [-0.4, -0.2) is 46.5 Å². The molecular formula is C17H25NO5. The first kappa shape index (κ1) is 17.4. The highest BCUT2D eigenvalue weighted by molar-refractivity contribution is 5.76. The molecule has 2 rings (SSSR count). The highest BCUT2D eigenvalue weighted by atomic mass is 16.5. The van der Waals surface area contributed by atoms with E-state index in [4.69, 9.17) is 18.9 Å². The minimum Gasteiger partial charge on any atom is -0.493 e. The standard InChI is InChI=1S/C17H25NO5/c1-20-14-10-12(11-15(21-2)16(14)22-3)6-5-9-23-17(19)13-7-4-8-18-13/h10-11,13,18H,4-9H2,1-3H3. The molecule has 1 fully saturated rings. The fourth-order valence-corrected chi connectivity index (χ4v) is 2.72. The maximum absolute atomic E-state index is 11.8. The van der Waals surface area contributed by atoms with E-state index in [0.29, 0.717) is 23.9 Å². The van der Waals surface area contributed by atoms with E-state index in [1.54, 1.807) is 21.3 Å². The van der Waals surface area contributed by atoms with Gasteiger partial charge in [0.25, 0.3) is 0 Å². The minimum absolute atomic E-state index is 0.129. The maximum Gasteiger partial charge on any atom is 0.323 e. The molecule has 128 valence electrons. The summed E-state index contributed by atoms with van der Waals surface area (Å²) in [6, 6.07) is 3.71. The van der Waals surface area contributed by atoms with Crippen LogP contribution in [0.5, 0.6) is 17.2 Å². The lowest BCUT2D eigenvalue weighted by Crippen LogP contribution is -2.32. The number of hydrogen-bond donors (Lipinski definition) is 1. The third-order valence-electron chi connectivity index (χ3n) is 3.92.